The van der Waals surface area contributed by atoms with Crippen LogP contribution < -0.4 is 15.8 Å². The second-order valence-electron chi connectivity index (χ2n) is 12.4. The SMILES string of the molecule is Cc1nn(COCC[Si](C)(C)C)c(C)c1-c1ccc(NC(=O)[C@@H](N)C2c3cc(F)c(F)cc3OCC23CC3)cc1. The molecule has 0 saturated heterocycles. The number of fused-ring (bicyclic) bond motifs is 1. The van der Waals surface area contributed by atoms with Crippen molar-refractivity contribution in [2.45, 2.75) is 71.1 Å². The molecule has 2 aliphatic rings. The number of benzene rings is 2. The van der Waals surface area contributed by atoms with Crippen molar-refractivity contribution in [2.75, 3.05) is 18.5 Å². The zero-order chi connectivity index (χ0) is 28.8. The van der Waals surface area contributed by atoms with Crippen LogP contribution in [0, 0.1) is 30.9 Å². The lowest BCUT2D eigenvalue weighted by atomic mass is 9.76. The quantitative estimate of drug-likeness (QED) is 0.245. The normalized spacial score (nSPS) is 18.2. The topological polar surface area (TPSA) is 91.4 Å². The van der Waals surface area contributed by atoms with Crippen LogP contribution >= 0.6 is 0 Å². The summed E-state index contributed by atoms with van der Waals surface area (Å²) in [7, 11) is -1.15. The minimum atomic E-state index is -1.15. The highest BCUT2D eigenvalue weighted by atomic mass is 28.3. The maximum Gasteiger partial charge on any atom is 0.241 e. The fraction of sp³-hybridized carbons (Fsp3) is 0.467. The summed E-state index contributed by atoms with van der Waals surface area (Å²) < 4.78 is 41.5. The zero-order valence-corrected chi connectivity index (χ0v) is 24.8. The van der Waals surface area contributed by atoms with Crippen LogP contribution in [0.2, 0.25) is 25.7 Å². The van der Waals surface area contributed by atoms with Gasteiger partial charge in [-0.05, 0) is 56.5 Å². The lowest BCUT2D eigenvalue weighted by molar-refractivity contribution is -0.118. The number of rotatable bonds is 9. The van der Waals surface area contributed by atoms with Gasteiger partial charge in [0.15, 0.2) is 11.6 Å². The minimum Gasteiger partial charge on any atom is -0.493 e. The number of aromatic nitrogens is 2. The lowest BCUT2D eigenvalue weighted by Crippen LogP contribution is -2.47. The molecule has 2 aromatic carbocycles. The highest BCUT2D eigenvalue weighted by Crippen LogP contribution is 2.61. The molecule has 10 heteroatoms. The van der Waals surface area contributed by atoms with Crippen molar-refractivity contribution in [1.29, 1.82) is 0 Å². The van der Waals surface area contributed by atoms with Gasteiger partial charge in [0, 0.05) is 54.6 Å². The van der Waals surface area contributed by atoms with Crippen molar-refractivity contribution in [3.63, 3.8) is 0 Å². The number of nitrogens with zero attached hydrogens (tertiary/aromatic N) is 2. The second kappa shape index (κ2) is 10.7. The zero-order valence-electron chi connectivity index (χ0n) is 23.8. The molecule has 2 atom stereocenters. The molecule has 1 amide bonds. The Kier molecular flexibility index (Phi) is 7.62. The van der Waals surface area contributed by atoms with Gasteiger partial charge in [-0.1, -0.05) is 31.8 Å². The van der Waals surface area contributed by atoms with E-state index < -0.39 is 31.7 Å². The Bertz CT molecular complexity index is 1410. The standard InChI is InChI=1S/C30H38F2N4O3Si/c1-18-26(19(2)36(35-18)17-38-12-13-40(3,4)5)20-6-8-21(9-7-20)34-29(37)28(33)27-22-14-23(31)24(32)15-25(22)39-16-30(27)10-11-30/h6-9,14-15,27-28H,10-13,16-17,33H2,1-5H3,(H,34,37)/t27?,28-/m0/s1. The molecule has 40 heavy (non-hydrogen) atoms. The van der Waals surface area contributed by atoms with Crippen molar-refractivity contribution in [1.82, 2.24) is 9.78 Å². The Morgan fingerprint density at radius 2 is 1.88 bits per heavy atom. The summed E-state index contributed by atoms with van der Waals surface area (Å²) in [6.07, 6.45) is 1.64. The van der Waals surface area contributed by atoms with Gasteiger partial charge in [0.25, 0.3) is 0 Å². The number of hydrogen-bond donors (Lipinski definition) is 2. The number of hydrogen-bond acceptors (Lipinski definition) is 5. The van der Waals surface area contributed by atoms with E-state index in [-0.39, 0.29) is 17.1 Å². The fourth-order valence-electron chi connectivity index (χ4n) is 5.61. The summed E-state index contributed by atoms with van der Waals surface area (Å²) in [5, 5.41) is 7.58. The third-order valence-corrected chi connectivity index (χ3v) is 9.85. The first-order valence-electron chi connectivity index (χ1n) is 13.8. The summed E-state index contributed by atoms with van der Waals surface area (Å²) >= 11 is 0. The van der Waals surface area contributed by atoms with E-state index in [0.29, 0.717) is 24.6 Å². The van der Waals surface area contributed by atoms with Gasteiger partial charge in [0.2, 0.25) is 5.91 Å². The molecule has 7 nitrogen and oxygen atoms in total. The molecule has 1 spiro atoms. The van der Waals surface area contributed by atoms with Crippen LogP contribution in [0.1, 0.15) is 35.7 Å². The van der Waals surface area contributed by atoms with E-state index in [1.54, 1.807) is 0 Å². The van der Waals surface area contributed by atoms with E-state index >= 15 is 0 Å². The van der Waals surface area contributed by atoms with Gasteiger partial charge in [-0.15, -0.1) is 0 Å². The molecule has 1 unspecified atom stereocenters. The van der Waals surface area contributed by atoms with Crippen molar-refractivity contribution in [3.8, 4) is 16.9 Å². The molecular formula is C30H38F2N4O3Si. The number of carbonyl (C=O) groups is 1. The predicted octanol–water partition coefficient (Wildman–Crippen LogP) is 5.98. The maximum atomic E-state index is 14.1. The first-order valence-corrected chi connectivity index (χ1v) is 17.5. The van der Waals surface area contributed by atoms with Crippen LogP contribution in [-0.2, 0) is 16.3 Å². The highest BCUT2D eigenvalue weighted by molar-refractivity contribution is 6.76. The molecule has 5 rings (SSSR count). The number of anilines is 1. The number of aryl methyl sites for hydroxylation is 1. The van der Waals surface area contributed by atoms with E-state index in [1.807, 2.05) is 42.8 Å². The highest BCUT2D eigenvalue weighted by Gasteiger charge is 2.57. The largest absolute Gasteiger partial charge is 0.493 e. The van der Waals surface area contributed by atoms with Gasteiger partial charge < -0.3 is 20.5 Å². The number of nitrogens with one attached hydrogen (secondary N) is 1. The van der Waals surface area contributed by atoms with Crippen LogP contribution in [0.15, 0.2) is 36.4 Å². The van der Waals surface area contributed by atoms with E-state index in [2.05, 4.69) is 30.1 Å². The van der Waals surface area contributed by atoms with Gasteiger partial charge >= 0.3 is 0 Å². The maximum absolute atomic E-state index is 14.1. The van der Waals surface area contributed by atoms with Crippen LogP contribution in [0.4, 0.5) is 14.5 Å². The van der Waals surface area contributed by atoms with Gasteiger partial charge in [-0.25, -0.2) is 13.5 Å². The Labute approximate surface area is 235 Å². The summed E-state index contributed by atoms with van der Waals surface area (Å²) in [6, 6.07) is 9.88. The number of amides is 1. The molecule has 3 aromatic rings. The Morgan fingerprint density at radius 3 is 2.52 bits per heavy atom. The smallest absolute Gasteiger partial charge is 0.241 e. The Morgan fingerprint density at radius 1 is 1.20 bits per heavy atom. The number of nitrogens with two attached hydrogens (primary N) is 1. The van der Waals surface area contributed by atoms with E-state index in [0.717, 1.165) is 60.1 Å². The van der Waals surface area contributed by atoms with Gasteiger partial charge in [-0.3, -0.25) is 4.79 Å². The lowest BCUT2D eigenvalue weighted by Gasteiger charge is -2.37. The molecule has 1 aromatic heterocycles. The van der Waals surface area contributed by atoms with Crippen LogP contribution in [0.3, 0.4) is 0 Å². The number of ether oxygens (including phenoxy) is 2. The molecule has 0 bridgehead atoms. The average molecular weight is 569 g/mol. The molecule has 0 radical (unpaired) electrons. The Balaban J connectivity index is 1.28. The van der Waals surface area contributed by atoms with Crippen LogP contribution in [-0.4, -0.2) is 43.0 Å². The molecular weight excluding hydrogens is 530 g/mol. The summed E-state index contributed by atoms with van der Waals surface area (Å²) in [5.74, 6) is -2.54. The molecule has 1 aliphatic carbocycles. The predicted molar refractivity (Wildman–Crippen MR) is 154 cm³/mol. The first-order chi connectivity index (χ1) is 18.9. The van der Waals surface area contributed by atoms with Crippen molar-refractivity contribution >= 4 is 19.7 Å². The molecule has 2 heterocycles. The van der Waals surface area contributed by atoms with Crippen molar-refractivity contribution in [3.05, 3.63) is 65.0 Å². The number of carbonyl (C=O) groups excluding carboxylic acids is 1. The van der Waals surface area contributed by atoms with E-state index in [4.69, 9.17) is 15.2 Å². The first kappa shape index (κ1) is 28.4. The van der Waals surface area contributed by atoms with Crippen LogP contribution in [0.5, 0.6) is 5.75 Å². The number of halogens is 2. The van der Waals surface area contributed by atoms with Crippen LogP contribution in [0.25, 0.3) is 11.1 Å². The summed E-state index contributed by atoms with van der Waals surface area (Å²) in [4.78, 5) is 13.3. The monoisotopic (exact) mass is 568 g/mol. The minimum absolute atomic E-state index is 0.252. The molecule has 214 valence electrons. The molecule has 3 N–H and O–H groups in total. The fourth-order valence-corrected chi connectivity index (χ4v) is 6.37. The second-order valence-corrected chi connectivity index (χ2v) is 18.0. The van der Waals surface area contributed by atoms with Crippen molar-refractivity contribution in [2.24, 2.45) is 11.1 Å². The third kappa shape index (κ3) is 5.70. The summed E-state index contributed by atoms with van der Waals surface area (Å²) in [5.41, 5.74) is 11.2. The van der Waals surface area contributed by atoms with Crippen molar-refractivity contribution < 1.29 is 23.0 Å². The third-order valence-electron chi connectivity index (χ3n) is 8.15. The molecule has 1 aliphatic heterocycles. The van der Waals surface area contributed by atoms with Gasteiger partial charge in [-0.2, -0.15) is 5.10 Å². The van der Waals surface area contributed by atoms with E-state index in [9.17, 15) is 13.6 Å². The molecule has 1 saturated carbocycles. The van der Waals surface area contributed by atoms with Gasteiger partial charge in [0.1, 0.15) is 12.5 Å². The average Bonchev–Trinajstić information content (AvgIpc) is 3.60. The summed E-state index contributed by atoms with van der Waals surface area (Å²) in [6.45, 7) is 12.5. The van der Waals surface area contributed by atoms with Gasteiger partial charge in [0.05, 0.1) is 18.3 Å². The van der Waals surface area contributed by atoms with E-state index in [1.165, 1.54) is 0 Å². The Hall–Kier alpha value is -3.08. The molecule has 1 fully saturated rings.